The highest BCUT2D eigenvalue weighted by molar-refractivity contribution is 6.30. The van der Waals surface area contributed by atoms with Crippen LogP contribution in [0, 0.1) is 0 Å². The summed E-state index contributed by atoms with van der Waals surface area (Å²) in [5, 5.41) is 6.65. The van der Waals surface area contributed by atoms with Crippen molar-refractivity contribution in [3.63, 3.8) is 0 Å². The van der Waals surface area contributed by atoms with Crippen molar-refractivity contribution in [3.05, 3.63) is 34.9 Å². The number of benzene rings is 1. The van der Waals surface area contributed by atoms with Crippen molar-refractivity contribution < 1.29 is 14.4 Å². The van der Waals surface area contributed by atoms with Crippen molar-refractivity contribution >= 4 is 41.9 Å². The number of nitrogens with one attached hydrogen (secondary N) is 2. The molecule has 1 atom stereocenters. The van der Waals surface area contributed by atoms with E-state index in [4.69, 9.17) is 11.6 Å². The third-order valence-electron chi connectivity index (χ3n) is 5.54. The zero-order valence-electron chi connectivity index (χ0n) is 16.0. The monoisotopic (exact) mass is 428 g/mol. The second-order valence-electron chi connectivity index (χ2n) is 6.97. The maximum absolute atomic E-state index is 13.0. The van der Waals surface area contributed by atoms with Gasteiger partial charge in [0.25, 0.3) is 5.91 Å². The lowest BCUT2D eigenvalue weighted by Gasteiger charge is -2.37. The summed E-state index contributed by atoms with van der Waals surface area (Å²) in [6, 6.07) is 6.72. The van der Waals surface area contributed by atoms with Crippen LogP contribution < -0.4 is 10.6 Å². The number of imide groups is 1. The molecule has 0 radical (unpaired) electrons. The van der Waals surface area contributed by atoms with Crippen molar-refractivity contribution in [3.8, 4) is 0 Å². The average molecular weight is 429 g/mol. The molecule has 4 amide bonds. The van der Waals surface area contributed by atoms with Gasteiger partial charge >= 0.3 is 6.03 Å². The highest BCUT2D eigenvalue weighted by atomic mass is 35.5. The Bertz CT molecular complexity index is 754. The van der Waals surface area contributed by atoms with Gasteiger partial charge in [-0.1, -0.05) is 37.6 Å². The van der Waals surface area contributed by atoms with Gasteiger partial charge in [0, 0.05) is 24.7 Å². The Morgan fingerprint density at radius 3 is 2.61 bits per heavy atom. The van der Waals surface area contributed by atoms with Gasteiger partial charge in [-0.05, 0) is 30.5 Å². The maximum atomic E-state index is 13.0. The van der Waals surface area contributed by atoms with E-state index in [0.29, 0.717) is 37.5 Å². The van der Waals surface area contributed by atoms with Crippen LogP contribution in [0.3, 0.4) is 0 Å². The largest absolute Gasteiger partial charge is 0.332 e. The summed E-state index contributed by atoms with van der Waals surface area (Å²) in [4.78, 5) is 40.8. The van der Waals surface area contributed by atoms with Crippen LogP contribution in [0.25, 0.3) is 0 Å². The molecule has 28 heavy (non-hydrogen) atoms. The molecule has 0 bridgehead atoms. The van der Waals surface area contributed by atoms with E-state index >= 15 is 0 Å². The van der Waals surface area contributed by atoms with Gasteiger partial charge in [-0.15, -0.1) is 12.4 Å². The standard InChI is InChI=1S/C19H25ClN4O3.ClH/c1-3-19(4-2)17(26)24(18(27)22-19)12-16(25)23-9-8-21-11-15(23)13-6-5-7-14(20)10-13;/h5-7,10,15,21H,3-4,8-9,11-12H2,1-2H3,(H,22,27);1H. The van der Waals surface area contributed by atoms with Crippen LogP contribution in [-0.2, 0) is 9.59 Å². The van der Waals surface area contributed by atoms with Crippen molar-refractivity contribution in [2.24, 2.45) is 0 Å². The number of carbonyl (C=O) groups is 3. The highest BCUT2D eigenvalue weighted by Gasteiger charge is 2.49. The summed E-state index contributed by atoms with van der Waals surface area (Å²) in [5.74, 6) is -0.562. The van der Waals surface area contributed by atoms with Gasteiger partial charge in [0.05, 0.1) is 6.04 Å². The van der Waals surface area contributed by atoms with Crippen LogP contribution in [0.1, 0.15) is 38.3 Å². The summed E-state index contributed by atoms with van der Waals surface area (Å²) in [7, 11) is 0. The first-order chi connectivity index (χ1) is 12.9. The predicted octanol–water partition coefficient (Wildman–Crippen LogP) is 2.35. The fourth-order valence-corrected chi connectivity index (χ4v) is 3.99. The average Bonchev–Trinajstić information content (AvgIpc) is 2.92. The first-order valence-corrected chi connectivity index (χ1v) is 9.69. The quantitative estimate of drug-likeness (QED) is 0.705. The number of hydrogen-bond acceptors (Lipinski definition) is 4. The minimum atomic E-state index is -0.896. The summed E-state index contributed by atoms with van der Waals surface area (Å²) in [6.45, 7) is 5.24. The van der Waals surface area contributed by atoms with E-state index in [-0.39, 0.29) is 36.8 Å². The van der Waals surface area contributed by atoms with Gasteiger partial charge in [0.15, 0.2) is 0 Å². The number of halogens is 2. The van der Waals surface area contributed by atoms with E-state index < -0.39 is 11.6 Å². The molecular weight excluding hydrogens is 403 g/mol. The molecule has 2 saturated heterocycles. The number of amides is 4. The Kier molecular flexibility index (Phi) is 7.31. The van der Waals surface area contributed by atoms with E-state index in [1.54, 1.807) is 11.0 Å². The van der Waals surface area contributed by atoms with E-state index in [0.717, 1.165) is 10.5 Å². The van der Waals surface area contributed by atoms with Crippen molar-refractivity contribution in [1.82, 2.24) is 20.4 Å². The molecule has 2 heterocycles. The van der Waals surface area contributed by atoms with Gasteiger partial charge in [-0.2, -0.15) is 0 Å². The summed E-state index contributed by atoms with van der Waals surface area (Å²) in [6.07, 6.45) is 0.995. The Morgan fingerprint density at radius 2 is 2.00 bits per heavy atom. The summed E-state index contributed by atoms with van der Waals surface area (Å²) in [5.41, 5.74) is 0.0319. The lowest BCUT2D eigenvalue weighted by Crippen LogP contribution is -2.52. The fraction of sp³-hybridized carbons (Fsp3) is 0.526. The van der Waals surface area contributed by atoms with Gasteiger partial charge in [0.2, 0.25) is 5.91 Å². The molecule has 0 spiro atoms. The molecule has 2 aliphatic heterocycles. The Morgan fingerprint density at radius 1 is 1.29 bits per heavy atom. The lowest BCUT2D eigenvalue weighted by molar-refractivity contribution is -0.141. The van der Waals surface area contributed by atoms with E-state index in [1.807, 2.05) is 32.0 Å². The molecule has 2 aliphatic rings. The first-order valence-electron chi connectivity index (χ1n) is 9.31. The number of urea groups is 1. The van der Waals surface area contributed by atoms with Crippen LogP contribution in [0.4, 0.5) is 4.79 Å². The van der Waals surface area contributed by atoms with E-state index in [9.17, 15) is 14.4 Å². The number of hydrogen-bond donors (Lipinski definition) is 2. The molecule has 3 rings (SSSR count). The van der Waals surface area contributed by atoms with Gasteiger partial charge in [0.1, 0.15) is 12.1 Å². The van der Waals surface area contributed by atoms with Crippen LogP contribution in [0.5, 0.6) is 0 Å². The normalized spacial score (nSPS) is 21.3. The number of carbonyl (C=O) groups excluding carboxylic acids is 3. The Hall–Kier alpha value is -1.83. The second-order valence-corrected chi connectivity index (χ2v) is 7.41. The zero-order chi connectivity index (χ0) is 19.6. The van der Waals surface area contributed by atoms with E-state index in [2.05, 4.69) is 10.6 Å². The van der Waals surface area contributed by atoms with Gasteiger partial charge < -0.3 is 15.5 Å². The first kappa shape index (κ1) is 22.5. The van der Waals surface area contributed by atoms with Crippen LogP contribution >= 0.6 is 24.0 Å². The molecule has 9 heteroatoms. The third-order valence-corrected chi connectivity index (χ3v) is 5.78. The summed E-state index contributed by atoms with van der Waals surface area (Å²) < 4.78 is 0. The number of piperazine rings is 1. The second kappa shape index (κ2) is 9.11. The molecular formula is C19H26Cl2N4O3. The highest BCUT2D eigenvalue weighted by Crippen LogP contribution is 2.27. The molecule has 2 N–H and O–H groups in total. The Balaban J connectivity index is 0.00000280. The molecule has 1 aromatic carbocycles. The van der Waals surface area contributed by atoms with E-state index in [1.165, 1.54) is 0 Å². The molecule has 7 nitrogen and oxygen atoms in total. The van der Waals surface area contributed by atoms with Crippen molar-refractivity contribution in [2.45, 2.75) is 38.3 Å². The minimum Gasteiger partial charge on any atom is -0.332 e. The molecule has 1 unspecified atom stereocenters. The predicted molar refractivity (Wildman–Crippen MR) is 110 cm³/mol. The fourth-order valence-electron chi connectivity index (χ4n) is 3.79. The molecule has 0 saturated carbocycles. The molecule has 0 aromatic heterocycles. The molecule has 2 fully saturated rings. The topological polar surface area (TPSA) is 81.8 Å². The third kappa shape index (κ3) is 4.11. The number of nitrogens with zero attached hydrogens (tertiary/aromatic N) is 2. The van der Waals surface area contributed by atoms with Crippen molar-refractivity contribution in [2.75, 3.05) is 26.2 Å². The number of rotatable bonds is 5. The van der Waals surface area contributed by atoms with Crippen LogP contribution in [-0.4, -0.2) is 59.4 Å². The SMILES string of the molecule is CCC1(CC)NC(=O)N(CC(=O)N2CCNCC2c2cccc(Cl)c2)C1=O.Cl. The smallest absolute Gasteiger partial charge is 0.325 e. The van der Waals surface area contributed by atoms with Crippen molar-refractivity contribution in [1.29, 1.82) is 0 Å². The van der Waals surface area contributed by atoms with Crippen LogP contribution in [0.2, 0.25) is 5.02 Å². The lowest BCUT2D eigenvalue weighted by atomic mass is 9.93. The zero-order valence-corrected chi connectivity index (χ0v) is 17.6. The summed E-state index contributed by atoms with van der Waals surface area (Å²) >= 11 is 6.10. The molecule has 154 valence electrons. The minimum absolute atomic E-state index is 0. The van der Waals surface area contributed by atoms with Gasteiger partial charge in [-0.25, -0.2) is 4.79 Å². The molecule has 0 aliphatic carbocycles. The van der Waals surface area contributed by atoms with Gasteiger partial charge in [-0.3, -0.25) is 14.5 Å². The molecule has 1 aromatic rings. The maximum Gasteiger partial charge on any atom is 0.325 e. The Labute approximate surface area is 176 Å². The van der Waals surface area contributed by atoms with Crippen LogP contribution in [0.15, 0.2) is 24.3 Å².